The fourth-order valence-electron chi connectivity index (χ4n) is 3.69. The second-order valence-electron chi connectivity index (χ2n) is 7.95. The molecule has 9 heteroatoms. The zero-order valence-electron chi connectivity index (χ0n) is 17.4. The molecule has 2 atom stereocenters. The summed E-state index contributed by atoms with van der Waals surface area (Å²) < 4.78 is 6.43. The lowest BCUT2D eigenvalue weighted by molar-refractivity contribution is -0.120. The van der Waals surface area contributed by atoms with Crippen molar-refractivity contribution in [3.05, 3.63) is 55.7 Å². The molecule has 30 heavy (non-hydrogen) atoms. The van der Waals surface area contributed by atoms with E-state index in [1.165, 1.54) is 16.6 Å². The van der Waals surface area contributed by atoms with Crippen LogP contribution in [0.25, 0.3) is 0 Å². The first-order valence-corrected chi connectivity index (χ1v) is 10.3. The van der Waals surface area contributed by atoms with Crippen LogP contribution in [0.3, 0.4) is 0 Å². The monoisotopic (exact) mass is 434 g/mol. The van der Waals surface area contributed by atoms with Crippen molar-refractivity contribution in [3.63, 3.8) is 0 Å². The van der Waals surface area contributed by atoms with Crippen LogP contribution >= 0.6 is 11.6 Å². The van der Waals surface area contributed by atoms with E-state index in [1.54, 1.807) is 6.07 Å². The molecule has 0 aliphatic heterocycles. The van der Waals surface area contributed by atoms with Gasteiger partial charge in [0.2, 0.25) is 5.91 Å². The van der Waals surface area contributed by atoms with Gasteiger partial charge < -0.3 is 15.4 Å². The highest BCUT2D eigenvalue weighted by atomic mass is 35.5. The Labute approximate surface area is 179 Å². The molecule has 3 rings (SSSR count). The summed E-state index contributed by atoms with van der Waals surface area (Å²) in [4.78, 5) is 41.9. The molecule has 2 aromatic rings. The van der Waals surface area contributed by atoms with Crippen molar-refractivity contribution in [1.82, 2.24) is 9.55 Å². The van der Waals surface area contributed by atoms with Crippen molar-refractivity contribution in [3.8, 4) is 0 Å². The lowest BCUT2D eigenvalue weighted by atomic mass is 10.1. The minimum absolute atomic E-state index is 0.0119. The van der Waals surface area contributed by atoms with Gasteiger partial charge >= 0.3 is 5.69 Å². The summed E-state index contributed by atoms with van der Waals surface area (Å²) in [5.41, 5.74) is 5.85. The quantitative estimate of drug-likeness (QED) is 0.661. The molecule has 0 spiro atoms. The number of hydrogen-bond acceptors (Lipinski definition) is 5. The SMILES string of the molecule is COCCN(C(=O)C1CC1c1ccccc1Cl)c1c(N)n(CC(C)C)c(=O)[nH]c1=O. The maximum absolute atomic E-state index is 13.4. The van der Waals surface area contributed by atoms with Crippen molar-refractivity contribution < 1.29 is 9.53 Å². The molecule has 1 aliphatic carbocycles. The van der Waals surface area contributed by atoms with Crippen LogP contribution in [0, 0.1) is 11.8 Å². The highest BCUT2D eigenvalue weighted by Crippen LogP contribution is 2.50. The summed E-state index contributed by atoms with van der Waals surface area (Å²) in [5.74, 6) is -0.454. The topological polar surface area (TPSA) is 110 Å². The number of anilines is 2. The van der Waals surface area contributed by atoms with Gasteiger partial charge in [0, 0.05) is 31.1 Å². The average molecular weight is 435 g/mol. The second kappa shape index (κ2) is 9.06. The van der Waals surface area contributed by atoms with E-state index in [1.807, 2.05) is 32.0 Å². The number of halogens is 1. The molecule has 8 nitrogen and oxygen atoms in total. The molecule has 1 aromatic heterocycles. The third-order valence-corrected chi connectivity index (χ3v) is 5.57. The van der Waals surface area contributed by atoms with E-state index in [9.17, 15) is 14.4 Å². The molecule has 1 aliphatic rings. The van der Waals surface area contributed by atoms with Crippen molar-refractivity contribution in [1.29, 1.82) is 0 Å². The zero-order valence-corrected chi connectivity index (χ0v) is 18.1. The Morgan fingerprint density at radius 2 is 2.07 bits per heavy atom. The Morgan fingerprint density at radius 1 is 1.37 bits per heavy atom. The van der Waals surface area contributed by atoms with Gasteiger partial charge in [-0.25, -0.2) is 4.79 Å². The Morgan fingerprint density at radius 3 is 2.70 bits per heavy atom. The van der Waals surface area contributed by atoms with Crippen molar-refractivity contribution in [2.45, 2.75) is 32.7 Å². The van der Waals surface area contributed by atoms with Crippen LogP contribution in [0.15, 0.2) is 33.9 Å². The molecule has 1 saturated carbocycles. The molecule has 162 valence electrons. The number of nitrogens with zero attached hydrogens (tertiary/aromatic N) is 2. The minimum atomic E-state index is -0.683. The number of carbonyl (C=O) groups is 1. The van der Waals surface area contributed by atoms with Crippen LogP contribution in [-0.2, 0) is 16.1 Å². The van der Waals surface area contributed by atoms with Gasteiger partial charge in [0.15, 0.2) is 5.69 Å². The molecular weight excluding hydrogens is 408 g/mol. The van der Waals surface area contributed by atoms with E-state index >= 15 is 0 Å². The van der Waals surface area contributed by atoms with Crippen molar-refractivity contribution >= 4 is 29.0 Å². The lowest BCUT2D eigenvalue weighted by Gasteiger charge is -2.25. The summed E-state index contributed by atoms with van der Waals surface area (Å²) in [6.45, 7) is 4.56. The van der Waals surface area contributed by atoms with E-state index in [-0.39, 0.29) is 48.3 Å². The fraction of sp³-hybridized carbons (Fsp3) is 0.476. The van der Waals surface area contributed by atoms with Gasteiger partial charge in [-0.15, -0.1) is 0 Å². The first-order valence-electron chi connectivity index (χ1n) is 9.93. The highest BCUT2D eigenvalue weighted by Gasteiger charge is 2.47. The summed E-state index contributed by atoms with van der Waals surface area (Å²) in [6.07, 6.45) is 0.634. The number of methoxy groups -OCH3 is 1. The van der Waals surface area contributed by atoms with E-state index < -0.39 is 11.2 Å². The molecule has 1 heterocycles. The van der Waals surface area contributed by atoms with Crippen LogP contribution in [-0.4, -0.2) is 35.7 Å². The lowest BCUT2D eigenvalue weighted by Crippen LogP contribution is -2.43. The maximum atomic E-state index is 13.4. The summed E-state index contributed by atoms with van der Waals surface area (Å²) >= 11 is 6.29. The number of nitrogens with two attached hydrogens (primary N) is 1. The molecule has 0 saturated heterocycles. The Kier molecular flexibility index (Phi) is 6.67. The van der Waals surface area contributed by atoms with Gasteiger partial charge in [-0.3, -0.25) is 19.1 Å². The van der Waals surface area contributed by atoms with Gasteiger partial charge in [-0.1, -0.05) is 43.6 Å². The fourth-order valence-corrected chi connectivity index (χ4v) is 3.96. The first-order chi connectivity index (χ1) is 14.3. The number of rotatable bonds is 8. The third-order valence-electron chi connectivity index (χ3n) is 5.23. The molecule has 0 bridgehead atoms. The van der Waals surface area contributed by atoms with Crippen molar-refractivity contribution in [2.75, 3.05) is 30.9 Å². The highest BCUT2D eigenvalue weighted by molar-refractivity contribution is 6.31. The maximum Gasteiger partial charge on any atom is 0.330 e. The third kappa shape index (κ3) is 4.44. The number of ether oxygens (including phenoxy) is 1. The molecule has 3 N–H and O–H groups in total. The van der Waals surface area contributed by atoms with E-state index in [0.29, 0.717) is 18.0 Å². The molecular formula is C21H27ClN4O4. The van der Waals surface area contributed by atoms with E-state index in [2.05, 4.69) is 4.98 Å². The average Bonchev–Trinajstić information content (AvgIpc) is 3.48. The Hall–Kier alpha value is -2.58. The van der Waals surface area contributed by atoms with Gasteiger partial charge in [0.25, 0.3) is 5.56 Å². The first kappa shape index (κ1) is 22.1. The molecule has 1 amide bonds. The van der Waals surface area contributed by atoms with E-state index in [4.69, 9.17) is 22.1 Å². The molecule has 0 radical (unpaired) electrons. The molecule has 2 unspecified atom stereocenters. The Balaban J connectivity index is 1.98. The van der Waals surface area contributed by atoms with Gasteiger partial charge in [0.1, 0.15) is 5.82 Å². The number of benzene rings is 1. The van der Waals surface area contributed by atoms with Crippen LogP contribution < -0.4 is 21.9 Å². The van der Waals surface area contributed by atoms with Crippen LogP contribution in [0.2, 0.25) is 5.02 Å². The number of aromatic amines is 1. The molecule has 1 fully saturated rings. The number of carbonyl (C=O) groups excluding carboxylic acids is 1. The molecule has 1 aromatic carbocycles. The van der Waals surface area contributed by atoms with Crippen LogP contribution in [0.1, 0.15) is 31.7 Å². The number of nitrogens with one attached hydrogen (secondary N) is 1. The number of amides is 1. The summed E-state index contributed by atoms with van der Waals surface area (Å²) in [7, 11) is 1.51. The predicted octanol–water partition coefficient (Wildman–Crippen LogP) is 2.21. The largest absolute Gasteiger partial charge is 0.383 e. The summed E-state index contributed by atoms with van der Waals surface area (Å²) in [5, 5.41) is 0.615. The number of hydrogen-bond donors (Lipinski definition) is 2. The smallest absolute Gasteiger partial charge is 0.330 e. The second-order valence-corrected chi connectivity index (χ2v) is 8.36. The summed E-state index contributed by atoms with van der Waals surface area (Å²) in [6, 6.07) is 7.43. The number of nitrogen functional groups attached to an aromatic ring is 1. The van der Waals surface area contributed by atoms with Crippen LogP contribution in [0.5, 0.6) is 0 Å². The van der Waals surface area contributed by atoms with Gasteiger partial charge in [-0.05, 0) is 29.9 Å². The van der Waals surface area contributed by atoms with E-state index in [0.717, 1.165) is 5.56 Å². The predicted molar refractivity (Wildman–Crippen MR) is 117 cm³/mol. The number of aromatic nitrogens is 2. The normalized spacial score (nSPS) is 17.9. The number of H-pyrrole nitrogens is 1. The van der Waals surface area contributed by atoms with Gasteiger partial charge in [-0.2, -0.15) is 0 Å². The van der Waals surface area contributed by atoms with Gasteiger partial charge in [0.05, 0.1) is 6.61 Å². The zero-order chi connectivity index (χ0) is 22.0. The standard InChI is InChI=1S/C21H27ClN4O4/c1-12(2)11-26-18(23)17(19(27)24-21(26)29)25(8-9-30-3)20(28)15-10-14(15)13-6-4-5-7-16(13)22/h4-7,12,14-15H,8-11,23H2,1-3H3,(H,24,27,29). The van der Waals surface area contributed by atoms with Crippen LogP contribution in [0.4, 0.5) is 11.5 Å². The van der Waals surface area contributed by atoms with Crippen molar-refractivity contribution in [2.24, 2.45) is 11.8 Å². The minimum Gasteiger partial charge on any atom is -0.383 e. The Bertz CT molecular complexity index is 1050.